The fraction of sp³-hybridized carbons (Fsp3) is 0.875. The molecule has 0 amide bonds. The van der Waals surface area contributed by atoms with Gasteiger partial charge < -0.3 is 9.90 Å². The van der Waals surface area contributed by atoms with Crippen molar-refractivity contribution in [3.8, 4) is 0 Å². The monoisotopic (exact) mass is 239 g/mol. The summed E-state index contributed by atoms with van der Waals surface area (Å²) in [6.07, 6.45) is 2.80. The number of rotatable bonds is 3. The predicted molar refractivity (Wildman–Crippen MR) is 50.7 cm³/mol. The molecule has 0 bridgehead atoms. The van der Waals surface area contributed by atoms with Crippen LogP contribution in [0.15, 0.2) is 0 Å². The van der Waals surface area contributed by atoms with Crippen LogP contribution in [0.1, 0.15) is 25.7 Å². The second-order valence-electron chi connectivity index (χ2n) is 3.52. The van der Waals surface area contributed by atoms with Crippen molar-refractivity contribution in [2.75, 3.05) is 5.75 Å². The highest BCUT2D eigenvalue weighted by molar-refractivity contribution is 7.92. The van der Waals surface area contributed by atoms with Crippen LogP contribution in [0.5, 0.6) is 0 Å². The third kappa shape index (κ3) is 2.85. The fourth-order valence-corrected chi connectivity index (χ4v) is 4.13. The SMILES string of the molecule is O=C([O-])CS(=O)(=O)C1CCCCC1Cl. The first-order chi connectivity index (χ1) is 6.43. The Bertz CT molecular complexity index is 311. The van der Waals surface area contributed by atoms with E-state index in [9.17, 15) is 18.3 Å². The van der Waals surface area contributed by atoms with Crippen molar-refractivity contribution in [2.24, 2.45) is 0 Å². The van der Waals surface area contributed by atoms with E-state index >= 15 is 0 Å². The lowest BCUT2D eigenvalue weighted by Crippen LogP contribution is -2.40. The average molecular weight is 240 g/mol. The maximum atomic E-state index is 11.5. The van der Waals surface area contributed by atoms with Gasteiger partial charge in [-0.25, -0.2) is 8.42 Å². The highest BCUT2D eigenvalue weighted by Crippen LogP contribution is 2.28. The van der Waals surface area contributed by atoms with E-state index in [0.717, 1.165) is 12.8 Å². The molecule has 1 fully saturated rings. The van der Waals surface area contributed by atoms with E-state index in [0.29, 0.717) is 12.8 Å². The van der Waals surface area contributed by atoms with E-state index < -0.39 is 32.2 Å². The molecular weight excluding hydrogens is 228 g/mol. The third-order valence-corrected chi connectivity index (χ3v) is 5.20. The van der Waals surface area contributed by atoms with Crippen molar-refractivity contribution in [1.82, 2.24) is 0 Å². The van der Waals surface area contributed by atoms with Crippen molar-refractivity contribution >= 4 is 27.4 Å². The van der Waals surface area contributed by atoms with Crippen LogP contribution < -0.4 is 5.11 Å². The molecule has 6 heteroatoms. The molecule has 0 radical (unpaired) electrons. The van der Waals surface area contributed by atoms with Gasteiger partial charge >= 0.3 is 0 Å². The summed E-state index contributed by atoms with van der Waals surface area (Å²) in [7, 11) is -3.63. The van der Waals surface area contributed by atoms with E-state index in [1.165, 1.54) is 0 Å². The highest BCUT2D eigenvalue weighted by Gasteiger charge is 2.34. The molecule has 0 heterocycles. The summed E-state index contributed by atoms with van der Waals surface area (Å²) in [6.45, 7) is 0. The molecule has 14 heavy (non-hydrogen) atoms. The molecule has 1 rings (SSSR count). The lowest BCUT2D eigenvalue weighted by Gasteiger charge is -2.26. The number of aliphatic carboxylic acids is 1. The summed E-state index contributed by atoms with van der Waals surface area (Å²) in [5, 5.41) is 9.07. The topological polar surface area (TPSA) is 74.3 Å². The molecule has 4 nitrogen and oxygen atoms in total. The maximum absolute atomic E-state index is 11.5. The number of carboxylic acid groups (broad SMARTS) is 1. The van der Waals surface area contributed by atoms with E-state index in [-0.39, 0.29) is 0 Å². The summed E-state index contributed by atoms with van der Waals surface area (Å²) in [5.74, 6) is -2.47. The molecule has 0 spiro atoms. The molecule has 2 atom stereocenters. The van der Waals surface area contributed by atoms with E-state index in [1.54, 1.807) is 0 Å². The Balaban J connectivity index is 2.75. The van der Waals surface area contributed by atoms with Crippen LogP contribution in [0.2, 0.25) is 0 Å². The van der Waals surface area contributed by atoms with Gasteiger partial charge in [-0.2, -0.15) is 0 Å². The molecule has 0 aromatic carbocycles. The van der Waals surface area contributed by atoms with Crippen LogP contribution in [0.25, 0.3) is 0 Å². The highest BCUT2D eigenvalue weighted by atomic mass is 35.5. The van der Waals surface area contributed by atoms with Gasteiger partial charge in [0.15, 0.2) is 9.84 Å². The first kappa shape index (κ1) is 11.8. The van der Waals surface area contributed by atoms with Crippen molar-refractivity contribution in [2.45, 2.75) is 36.3 Å². The third-order valence-electron chi connectivity index (χ3n) is 2.40. The summed E-state index contributed by atoms with van der Waals surface area (Å²) in [4.78, 5) is 10.2. The van der Waals surface area contributed by atoms with E-state index in [2.05, 4.69) is 0 Å². The minimum absolute atomic E-state index is 0.451. The molecule has 1 aliphatic rings. The van der Waals surface area contributed by atoms with Gasteiger partial charge in [-0.3, -0.25) is 0 Å². The maximum Gasteiger partial charge on any atom is 0.159 e. The first-order valence-corrected chi connectivity index (χ1v) is 6.64. The number of hydrogen-bond donors (Lipinski definition) is 0. The van der Waals surface area contributed by atoms with Crippen LogP contribution in [-0.2, 0) is 14.6 Å². The number of hydrogen-bond acceptors (Lipinski definition) is 4. The van der Waals surface area contributed by atoms with Crippen LogP contribution in [0, 0.1) is 0 Å². The Labute approximate surface area is 88.2 Å². The standard InChI is InChI=1S/C8H13ClO4S/c9-6-3-1-2-4-7(6)14(12,13)5-8(10)11/h6-7H,1-5H2,(H,10,11)/p-1. The molecule has 0 N–H and O–H groups in total. The Kier molecular flexibility index (Phi) is 3.78. The number of alkyl halides is 1. The van der Waals surface area contributed by atoms with Gasteiger partial charge in [-0.05, 0) is 12.8 Å². The smallest absolute Gasteiger partial charge is 0.159 e. The second kappa shape index (κ2) is 4.49. The molecule has 1 saturated carbocycles. The van der Waals surface area contributed by atoms with Crippen molar-refractivity contribution in [1.29, 1.82) is 0 Å². The summed E-state index contributed by atoms with van der Waals surface area (Å²) >= 11 is 5.86. The van der Waals surface area contributed by atoms with Gasteiger partial charge in [0, 0.05) is 0 Å². The summed E-state index contributed by atoms with van der Waals surface area (Å²) < 4.78 is 23.0. The largest absolute Gasteiger partial charge is 0.549 e. The van der Waals surface area contributed by atoms with E-state index in [4.69, 9.17) is 11.6 Å². The van der Waals surface area contributed by atoms with Gasteiger partial charge in [0.1, 0.15) is 0 Å². The molecular formula is C8H12ClO4S-. The van der Waals surface area contributed by atoms with Crippen LogP contribution in [0.4, 0.5) is 0 Å². The first-order valence-electron chi connectivity index (χ1n) is 4.49. The average Bonchev–Trinajstić information content (AvgIpc) is 2.02. The van der Waals surface area contributed by atoms with Gasteiger partial charge in [-0.15, -0.1) is 11.6 Å². The zero-order chi connectivity index (χ0) is 10.8. The predicted octanol–water partition coefficient (Wildman–Crippen LogP) is -0.299. The minimum Gasteiger partial charge on any atom is -0.549 e. The van der Waals surface area contributed by atoms with Gasteiger partial charge in [0.05, 0.1) is 22.3 Å². The number of halogens is 1. The number of sulfone groups is 1. The second-order valence-corrected chi connectivity index (χ2v) is 6.30. The molecule has 1 aliphatic carbocycles. The zero-order valence-corrected chi connectivity index (χ0v) is 9.18. The van der Waals surface area contributed by atoms with E-state index in [1.807, 2.05) is 0 Å². The Morgan fingerprint density at radius 1 is 1.36 bits per heavy atom. The summed E-state index contributed by atoms with van der Waals surface area (Å²) in [5.41, 5.74) is 0. The molecule has 0 saturated heterocycles. The van der Waals surface area contributed by atoms with Crippen LogP contribution in [-0.4, -0.2) is 30.8 Å². The molecule has 82 valence electrons. The Hall–Kier alpha value is -0.290. The van der Waals surface area contributed by atoms with Crippen molar-refractivity contribution in [3.05, 3.63) is 0 Å². The zero-order valence-electron chi connectivity index (χ0n) is 7.61. The van der Waals surface area contributed by atoms with Crippen LogP contribution >= 0.6 is 11.6 Å². The number of carboxylic acids is 1. The lowest BCUT2D eigenvalue weighted by molar-refractivity contribution is -0.301. The van der Waals surface area contributed by atoms with Crippen molar-refractivity contribution < 1.29 is 18.3 Å². The number of carbonyl (C=O) groups excluding carboxylic acids is 1. The van der Waals surface area contributed by atoms with Crippen LogP contribution in [0.3, 0.4) is 0 Å². The molecule has 0 aromatic heterocycles. The fourth-order valence-electron chi connectivity index (χ4n) is 1.73. The van der Waals surface area contributed by atoms with Gasteiger partial charge in [-0.1, -0.05) is 12.8 Å². The lowest BCUT2D eigenvalue weighted by atomic mass is 10.00. The summed E-state index contributed by atoms with van der Waals surface area (Å²) in [6, 6.07) is 0. The molecule has 0 aliphatic heterocycles. The van der Waals surface area contributed by atoms with Gasteiger partial charge in [0.2, 0.25) is 0 Å². The quantitative estimate of drug-likeness (QED) is 0.634. The Morgan fingerprint density at radius 2 is 1.93 bits per heavy atom. The van der Waals surface area contributed by atoms with Crippen molar-refractivity contribution in [3.63, 3.8) is 0 Å². The molecule has 2 unspecified atom stereocenters. The Morgan fingerprint density at radius 3 is 2.43 bits per heavy atom. The normalized spacial score (nSPS) is 28.6. The van der Waals surface area contributed by atoms with Gasteiger partial charge in [0.25, 0.3) is 0 Å². The molecule has 0 aromatic rings. The number of carbonyl (C=O) groups is 1. The minimum atomic E-state index is -3.63.